The van der Waals surface area contributed by atoms with E-state index in [4.69, 9.17) is 0 Å². The molecule has 1 aliphatic rings. The Morgan fingerprint density at radius 1 is 1.75 bits per heavy atom. The third kappa shape index (κ3) is 1.42. The van der Waals surface area contributed by atoms with Gasteiger partial charge in [0, 0.05) is 11.9 Å². The number of hydrogen-bond acceptors (Lipinski definition) is 4. The summed E-state index contributed by atoms with van der Waals surface area (Å²) in [5.74, 6) is 0. The Balaban J connectivity index is 2.28. The van der Waals surface area contributed by atoms with Crippen LogP contribution in [-0.4, -0.2) is 23.2 Å². The van der Waals surface area contributed by atoms with Gasteiger partial charge in [0.2, 0.25) is 0 Å². The second kappa shape index (κ2) is 3.06. The van der Waals surface area contributed by atoms with E-state index in [0.29, 0.717) is 6.54 Å². The Bertz CT molecular complexity index is 283. The number of hydrogen-bond donors (Lipinski definition) is 2. The lowest BCUT2D eigenvalue weighted by Crippen LogP contribution is -2.27. The molecular weight excluding hydrogens is 240 g/mol. The third-order valence-corrected chi connectivity index (χ3v) is 3.75. The molecule has 0 aliphatic carbocycles. The zero-order chi connectivity index (χ0) is 8.60. The molecule has 1 aromatic heterocycles. The highest BCUT2D eigenvalue weighted by molar-refractivity contribution is 9.10. The van der Waals surface area contributed by atoms with E-state index < -0.39 is 5.60 Å². The summed E-state index contributed by atoms with van der Waals surface area (Å²) in [4.78, 5) is 4.21. The topological polar surface area (TPSA) is 45.2 Å². The van der Waals surface area contributed by atoms with Crippen LogP contribution in [0.5, 0.6) is 0 Å². The molecule has 2 heterocycles. The molecule has 1 aromatic rings. The van der Waals surface area contributed by atoms with Crippen molar-refractivity contribution in [2.75, 3.05) is 13.1 Å². The first-order valence-electron chi connectivity index (χ1n) is 3.75. The molecule has 0 aromatic carbocycles. The van der Waals surface area contributed by atoms with E-state index in [-0.39, 0.29) is 0 Å². The molecule has 1 saturated heterocycles. The molecular formula is C7H9BrN2OS. The summed E-state index contributed by atoms with van der Waals surface area (Å²) in [5.41, 5.74) is -0.726. The average molecular weight is 249 g/mol. The Labute approximate surface area is 83.0 Å². The van der Waals surface area contributed by atoms with E-state index in [1.807, 2.05) is 5.38 Å². The lowest BCUT2D eigenvalue weighted by molar-refractivity contribution is 0.0583. The van der Waals surface area contributed by atoms with Gasteiger partial charge in [-0.25, -0.2) is 4.98 Å². The first-order chi connectivity index (χ1) is 5.71. The summed E-state index contributed by atoms with van der Waals surface area (Å²) in [6.45, 7) is 1.49. The molecule has 0 saturated carbocycles. The van der Waals surface area contributed by atoms with Crippen molar-refractivity contribution in [2.24, 2.45) is 0 Å². The van der Waals surface area contributed by atoms with E-state index in [1.165, 1.54) is 11.3 Å². The van der Waals surface area contributed by atoms with Gasteiger partial charge < -0.3 is 10.4 Å². The Kier molecular flexibility index (Phi) is 2.20. The van der Waals surface area contributed by atoms with Crippen molar-refractivity contribution < 1.29 is 5.11 Å². The van der Waals surface area contributed by atoms with Crippen LogP contribution < -0.4 is 5.32 Å². The molecule has 1 atom stereocenters. The van der Waals surface area contributed by atoms with Gasteiger partial charge in [-0.1, -0.05) is 0 Å². The summed E-state index contributed by atoms with van der Waals surface area (Å²) < 4.78 is 0.808. The number of thiazole rings is 1. The molecule has 1 unspecified atom stereocenters. The number of β-amino-alcohol motifs (C(OH)–C–C–N with tert-alkyl or cyclic N) is 1. The summed E-state index contributed by atoms with van der Waals surface area (Å²) in [6.07, 6.45) is 0.757. The van der Waals surface area contributed by atoms with Crippen molar-refractivity contribution in [2.45, 2.75) is 12.0 Å². The fourth-order valence-corrected chi connectivity index (χ4v) is 2.71. The molecule has 0 amide bonds. The second-order valence-corrected chi connectivity index (χ2v) is 4.60. The summed E-state index contributed by atoms with van der Waals surface area (Å²) in [5, 5.41) is 15.9. The summed E-state index contributed by atoms with van der Waals surface area (Å²) in [7, 11) is 0. The highest BCUT2D eigenvalue weighted by Crippen LogP contribution is 2.31. The van der Waals surface area contributed by atoms with Crippen LogP contribution in [0.15, 0.2) is 9.98 Å². The number of rotatable bonds is 1. The molecule has 1 aliphatic heterocycles. The van der Waals surface area contributed by atoms with Crippen LogP contribution in [0.2, 0.25) is 0 Å². The van der Waals surface area contributed by atoms with Gasteiger partial charge in [0.15, 0.2) is 0 Å². The van der Waals surface area contributed by atoms with Crippen molar-refractivity contribution in [3.63, 3.8) is 0 Å². The lowest BCUT2D eigenvalue weighted by Gasteiger charge is -2.17. The molecule has 0 spiro atoms. The zero-order valence-corrected chi connectivity index (χ0v) is 8.78. The lowest BCUT2D eigenvalue weighted by atomic mass is 10.1. The molecule has 2 rings (SSSR count). The Morgan fingerprint density at radius 2 is 2.58 bits per heavy atom. The Morgan fingerprint density at radius 3 is 3.08 bits per heavy atom. The van der Waals surface area contributed by atoms with Crippen molar-refractivity contribution in [3.8, 4) is 0 Å². The highest BCUT2D eigenvalue weighted by atomic mass is 79.9. The van der Waals surface area contributed by atoms with Crippen LogP contribution >= 0.6 is 27.3 Å². The van der Waals surface area contributed by atoms with E-state index in [0.717, 1.165) is 22.6 Å². The molecule has 3 nitrogen and oxygen atoms in total. The van der Waals surface area contributed by atoms with Crippen molar-refractivity contribution in [1.29, 1.82) is 0 Å². The average Bonchev–Trinajstić information content (AvgIpc) is 2.59. The first-order valence-corrected chi connectivity index (χ1v) is 5.43. The van der Waals surface area contributed by atoms with Gasteiger partial charge in [0.1, 0.15) is 15.2 Å². The quantitative estimate of drug-likeness (QED) is 0.783. The summed E-state index contributed by atoms with van der Waals surface area (Å²) >= 11 is 4.77. The predicted octanol–water partition coefficient (Wildman–Crippen LogP) is 1.09. The van der Waals surface area contributed by atoms with E-state index in [1.54, 1.807) is 0 Å². The zero-order valence-electron chi connectivity index (χ0n) is 6.38. The van der Waals surface area contributed by atoms with Crippen molar-refractivity contribution >= 4 is 27.3 Å². The van der Waals surface area contributed by atoms with Crippen LogP contribution in [-0.2, 0) is 5.60 Å². The predicted molar refractivity (Wildman–Crippen MR) is 51.2 cm³/mol. The van der Waals surface area contributed by atoms with Crippen molar-refractivity contribution in [1.82, 2.24) is 10.3 Å². The van der Waals surface area contributed by atoms with Crippen LogP contribution in [0, 0.1) is 0 Å². The van der Waals surface area contributed by atoms with Gasteiger partial charge in [-0.15, -0.1) is 11.3 Å². The van der Waals surface area contributed by atoms with Gasteiger partial charge in [-0.05, 0) is 28.9 Å². The minimum Gasteiger partial charge on any atom is -0.381 e. The molecule has 66 valence electrons. The monoisotopic (exact) mass is 248 g/mol. The third-order valence-electron chi connectivity index (χ3n) is 2.01. The van der Waals surface area contributed by atoms with Crippen LogP contribution in [0.4, 0.5) is 0 Å². The first kappa shape index (κ1) is 8.62. The van der Waals surface area contributed by atoms with Gasteiger partial charge in [-0.3, -0.25) is 0 Å². The minimum atomic E-state index is -0.726. The minimum absolute atomic E-state index is 0.618. The maximum absolute atomic E-state index is 10.0. The summed E-state index contributed by atoms with van der Waals surface area (Å²) in [6, 6.07) is 0. The maximum atomic E-state index is 10.0. The van der Waals surface area contributed by atoms with Gasteiger partial charge in [-0.2, -0.15) is 0 Å². The fourth-order valence-electron chi connectivity index (χ4n) is 1.33. The van der Waals surface area contributed by atoms with Crippen LogP contribution in [0.3, 0.4) is 0 Å². The SMILES string of the molecule is OC1(c2nc(Br)cs2)CCNC1. The van der Waals surface area contributed by atoms with E-state index in [2.05, 4.69) is 26.2 Å². The largest absolute Gasteiger partial charge is 0.381 e. The van der Waals surface area contributed by atoms with Gasteiger partial charge in [0.25, 0.3) is 0 Å². The highest BCUT2D eigenvalue weighted by Gasteiger charge is 2.35. The second-order valence-electron chi connectivity index (χ2n) is 2.93. The molecule has 12 heavy (non-hydrogen) atoms. The number of aliphatic hydroxyl groups is 1. The smallest absolute Gasteiger partial charge is 0.130 e. The molecule has 0 radical (unpaired) electrons. The number of nitrogens with one attached hydrogen (secondary N) is 1. The molecule has 1 fully saturated rings. The van der Waals surface area contributed by atoms with Crippen molar-refractivity contribution in [3.05, 3.63) is 15.0 Å². The standard InChI is InChI=1S/C7H9BrN2OS/c8-5-3-12-6(10-5)7(11)1-2-9-4-7/h3,9,11H,1-2,4H2. The van der Waals surface area contributed by atoms with E-state index >= 15 is 0 Å². The molecule has 2 N–H and O–H groups in total. The van der Waals surface area contributed by atoms with Gasteiger partial charge in [0.05, 0.1) is 0 Å². The normalized spacial score (nSPS) is 29.5. The molecule has 5 heteroatoms. The van der Waals surface area contributed by atoms with Crippen LogP contribution in [0.25, 0.3) is 0 Å². The maximum Gasteiger partial charge on any atom is 0.130 e. The van der Waals surface area contributed by atoms with Gasteiger partial charge >= 0.3 is 0 Å². The van der Waals surface area contributed by atoms with Crippen LogP contribution in [0.1, 0.15) is 11.4 Å². The van der Waals surface area contributed by atoms with E-state index in [9.17, 15) is 5.11 Å². The number of halogens is 1. The fraction of sp³-hybridized carbons (Fsp3) is 0.571. The number of nitrogens with zero attached hydrogens (tertiary/aromatic N) is 1. The molecule has 0 bridgehead atoms. The Hall–Kier alpha value is 0.0300. The number of aromatic nitrogens is 1.